The van der Waals surface area contributed by atoms with E-state index in [0.29, 0.717) is 22.9 Å². The fourth-order valence-electron chi connectivity index (χ4n) is 4.42. The minimum atomic E-state index is -1.70. The zero-order valence-electron chi connectivity index (χ0n) is 20.2. The van der Waals surface area contributed by atoms with Crippen LogP contribution in [0.5, 0.6) is 0 Å². The molecule has 0 saturated carbocycles. The van der Waals surface area contributed by atoms with Crippen LogP contribution >= 0.6 is 0 Å². The van der Waals surface area contributed by atoms with Gasteiger partial charge in [0.1, 0.15) is 0 Å². The van der Waals surface area contributed by atoms with Crippen molar-refractivity contribution in [2.45, 2.75) is 91.9 Å². The number of hydrogen-bond acceptors (Lipinski definition) is 6. The summed E-state index contributed by atoms with van der Waals surface area (Å²) in [5.74, 6) is 0.982. The van der Waals surface area contributed by atoms with E-state index in [0.717, 1.165) is 62.8 Å². The third-order valence-corrected chi connectivity index (χ3v) is 6.65. The summed E-state index contributed by atoms with van der Waals surface area (Å²) in [5.41, 5.74) is 2.98. The highest BCUT2D eigenvalue weighted by molar-refractivity contribution is 6.65. The maximum Gasteiger partial charge on any atom is 0.490 e. The fraction of sp³-hybridized carbons (Fsp3) is 0.667. The summed E-state index contributed by atoms with van der Waals surface area (Å²) < 4.78 is 0. The van der Waals surface area contributed by atoms with E-state index in [1.54, 1.807) is 0 Å². The number of unbranched alkanes of at least 4 members (excludes halogenated alkanes) is 2. The highest BCUT2D eigenvalue weighted by Gasteiger charge is 2.26. The predicted molar refractivity (Wildman–Crippen MR) is 133 cm³/mol. The molecule has 0 saturated heterocycles. The van der Waals surface area contributed by atoms with Gasteiger partial charge in [-0.15, -0.1) is 0 Å². The van der Waals surface area contributed by atoms with Gasteiger partial charge in [-0.2, -0.15) is 0 Å². The van der Waals surface area contributed by atoms with Gasteiger partial charge < -0.3 is 20.1 Å². The highest BCUT2D eigenvalue weighted by atomic mass is 16.4. The highest BCUT2D eigenvalue weighted by Crippen LogP contribution is 2.25. The van der Waals surface area contributed by atoms with Gasteiger partial charge in [-0.3, -0.25) is 0 Å². The molecule has 0 amide bonds. The third-order valence-electron chi connectivity index (χ3n) is 6.65. The lowest BCUT2D eigenvalue weighted by Crippen LogP contribution is -2.37. The molecule has 0 aliphatic rings. The van der Waals surface area contributed by atoms with Crippen molar-refractivity contribution in [3.05, 3.63) is 23.5 Å². The molecule has 6 nitrogen and oxygen atoms in total. The topological polar surface area (TPSA) is 107 Å². The molecule has 1 aromatic heterocycles. The van der Waals surface area contributed by atoms with Gasteiger partial charge in [0, 0.05) is 10.9 Å². The normalized spacial score (nSPS) is 13.4. The Labute approximate surface area is 193 Å². The van der Waals surface area contributed by atoms with Crippen LogP contribution < -0.4 is 10.9 Å². The van der Waals surface area contributed by atoms with Crippen molar-refractivity contribution in [2.75, 3.05) is 0 Å². The third kappa shape index (κ3) is 7.01. The molecule has 0 spiro atoms. The summed E-state index contributed by atoms with van der Waals surface area (Å²) >= 11 is 0. The lowest BCUT2D eigenvalue weighted by Gasteiger charge is -2.21. The maximum atomic E-state index is 9.90. The Morgan fingerprint density at radius 1 is 0.688 bits per heavy atom. The van der Waals surface area contributed by atoms with Crippen LogP contribution in [0.1, 0.15) is 90.4 Å². The van der Waals surface area contributed by atoms with E-state index in [9.17, 15) is 20.1 Å². The number of nitrogens with zero attached hydrogens (tertiary/aromatic N) is 2. The Hall–Kier alpha value is -1.47. The van der Waals surface area contributed by atoms with Crippen molar-refractivity contribution in [2.24, 2.45) is 11.8 Å². The Bertz CT molecular complexity index is 780. The smallest absolute Gasteiger partial charge is 0.423 e. The molecular formula is C24H40B2N2O4. The van der Waals surface area contributed by atoms with Gasteiger partial charge >= 0.3 is 14.2 Å². The molecule has 32 heavy (non-hydrogen) atoms. The first-order chi connectivity index (χ1) is 15.4. The van der Waals surface area contributed by atoms with Crippen molar-refractivity contribution in [3.8, 4) is 0 Å². The fourth-order valence-corrected chi connectivity index (χ4v) is 4.42. The second kappa shape index (κ2) is 13.3. The summed E-state index contributed by atoms with van der Waals surface area (Å²) in [7, 11) is -3.41. The maximum absolute atomic E-state index is 9.90. The first-order valence-corrected chi connectivity index (χ1v) is 12.4. The molecule has 2 aromatic rings. The van der Waals surface area contributed by atoms with Gasteiger partial charge in [0.05, 0.1) is 22.4 Å². The lowest BCUT2D eigenvalue weighted by atomic mass is 9.73. The van der Waals surface area contributed by atoms with Crippen molar-refractivity contribution < 1.29 is 20.1 Å². The Morgan fingerprint density at radius 3 is 1.34 bits per heavy atom. The van der Waals surface area contributed by atoms with E-state index in [-0.39, 0.29) is 10.9 Å². The van der Waals surface area contributed by atoms with Crippen molar-refractivity contribution in [1.29, 1.82) is 0 Å². The van der Waals surface area contributed by atoms with E-state index in [4.69, 9.17) is 9.97 Å². The predicted octanol–water partition coefficient (Wildman–Crippen LogP) is 2.51. The SMILES string of the molecule is CCCCC(CC)Cc1nc2c(B(O)O)ccc(B(O)O)c2nc1CC(CC)CCCC. The number of rotatable bonds is 14. The zero-order chi connectivity index (χ0) is 23.7. The number of fused-ring (bicyclic) bond motifs is 1. The zero-order valence-corrected chi connectivity index (χ0v) is 20.2. The van der Waals surface area contributed by atoms with Crippen molar-refractivity contribution in [3.63, 3.8) is 0 Å². The molecule has 1 aromatic carbocycles. The van der Waals surface area contributed by atoms with Crippen LogP contribution in [0.25, 0.3) is 11.0 Å². The van der Waals surface area contributed by atoms with Crippen LogP contribution in [-0.2, 0) is 12.8 Å². The van der Waals surface area contributed by atoms with Gasteiger partial charge in [0.25, 0.3) is 0 Å². The van der Waals surface area contributed by atoms with Crippen LogP contribution in [-0.4, -0.2) is 44.3 Å². The van der Waals surface area contributed by atoms with Crippen LogP contribution in [0.15, 0.2) is 12.1 Å². The van der Waals surface area contributed by atoms with Gasteiger partial charge in [0.15, 0.2) is 0 Å². The molecule has 8 heteroatoms. The first kappa shape index (κ1) is 26.8. The molecule has 2 rings (SSSR count). The second-order valence-corrected chi connectivity index (χ2v) is 9.05. The summed E-state index contributed by atoms with van der Waals surface area (Å²) in [6.07, 6.45) is 10.6. The minimum Gasteiger partial charge on any atom is -0.423 e. The van der Waals surface area contributed by atoms with E-state index in [2.05, 4.69) is 27.7 Å². The molecule has 0 fully saturated rings. The van der Waals surface area contributed by atoms with E-state index in [1.807, 2.05) is 0 Å². The molecule has 176 valence electrons. The molecule has 0 radical (unpaired) electrons. The second-order valence-electron chi connectivity index (χ2n) is 9.05. The number of hydrogen-bond donors (Lipinski definition) is 4. The molecule has 2 atom stereocenters. The van der Waals surface area contributed by atoms with E-state index >= 15 is 0 Å². The minimum absolute atomic E-state index is 0.240. The summed E-state index contributed by atoms with van der Waals surface area (Å²) in [5, 5.41) is 39.6. The van der Waals surface area contributed by atoms with Gasteiger partial charge in [-0.05, 0) is 24.7 Å². The molecule has 0 bridgehead atoms. The van der Waals surface area contributed by atoms with Crippen LogP contribution in [0.2, 0.25) is 0 Å². The average molecular weight is 442 g/mol. The standard InChI is InChI=1S/C24H40B2N2O4/c1-5-9-11-17(7-3)15-21-22(16-18(8-4)12-10-6-2)28-24-20(26(31)32)14-13-19(25(29)30)23(24)27-21/h13-14,17-18,29-32H,5-12,15-16H2,1-4H3. The molecule has 0 aliphatic heterocycles. The number of benzene rings is 1. The van der Waals surface area contributed by atoms with Crippen LogP contribution in [0.4, 0.5) is 0 Å². The van der Waals surface area contributed by atoms with Crippen LogP contribution in [0.3, 0.4) is 0 Å². The summed E-state index contributed by atoms with van der Waals surface area (Å²) in [6.45, 7) is 8.80. The quantitative estimate of drug-likeness (QED) is 0.335. The average Bonchev–Trinajstić information content (AvgIpc) is 2.78. The summed E-state index contributed by atoms with van der Waals surface area (Å²) in [4.78, 5) is 9.80. The molecular weight excluding hydrogens is 402 g/mol. The van der Waals surface area contributed by atoms with Gasteiger partial charge in [-0.1, -0.05) is 91.2 Å². The van der Waals surface area contributed by atoms with E-state index in [1.165, 1.54) is 25.0 Å². The molecule has 1 heterocycles. The van der Waals surface area contributed by atoms with Crippen molar-refractivity contribution >= 4 is 36.2 Å². The molecule has 4 N–H and O–H groups in total. The summed E-state index contributed by atoms with van der Waals surface area (Å²) in [6, 6.07) is 2.98. The lowest BCUT2D eigenvalue weighted by molar-refractivity contribution is 0.423. The molecule has 2 unspecified atom stereocenters. The first-order valence-electron chi connectivity index (χ1n) is 12.4. The largest absolute Gasteiger partial charge is 0.490 e. The van der Waals surface area contributed by atoms with Gasteiger partial charge in [0.2, 0.25) is 0 Å². The van der Waals surface area contributed by atoms with E-state index < -0.39 is 14.2 Å². The number of aromatic nitrogens is 2. The monoisotopic (exact) mass is 442 g/mol. The molecule has 0 aliphatic carbocycles. The van der Waals surface area contributed by atoms with Crippen molar-refractivity contribution in [1.82, 2.24) is 9.97 Å². The van der Waals surface area contributed by atoms with Gasteiger partial charge in [-0.25, -0.2) is 9.97 Å². The Morgan fingerprint density at radius 2 is 1.06 bits per heavy atom. The van der Waals surface area contributed by atoms with Crippen LogP contribution in [0, 0.1) is 11.8 Å². The Kier molecular flexibility index (Phi) is 11.1. The Balaban J connectivity index is 2.62.